The third kappa shape index (κ3) is 5.89. The first kappa shape index (κ1) is 18.4. The second kappa shape index (κ2) is 9.28. The molecule has 0 aliphatic carbocycles. The van der Waals surface area contributed by atoms with E-state index in [2.05, 4.69) is 24.1 Å². The van der Waals surface area contributed by atoms with E-state index in [1.165, 1.54) is 0 Å². The van der Waals surface area contributed by atoms with Crippen molar-refractivity contribution < 1.29 is 14.6 Å². The summed E-state index contributed by atoms with van der Waals surface area (Å²) in [6.45, 7) is 8.36. The van der Waals surface area contributed by atoms with Crippen LogP contribution in [0.5, 0.6) is 0 Å². The van der Waals surface area contributed by atoms with E-state index in [4.69, 9.17) is 4.74 Å². The van der Waals surface area contributed by atoms with Gasteiger partial charge in [-0.15, -0.1) is 0 Å². The number of hydrogen-bond donors (Lipinski definition) is 2. The number of nitrogens with zero attached hydrogens (tertiary/aromatic N) is 1. The second-order valence-electron chi connectivity index (χ2n) is 5.14. The quantitative estimate of drug-likeness (QED) is 0.599. The lowest BCUT2D eigenvalue weighted by atomic mass is 9.97. The highest BCUT2D eigenvalue weighted by Gasteiger charge is 2.31. The molecule has 0 aliphatic heterocycles. The van der Waals surface area contributed by atoms with Crippen LogP contribution in [0.1, 0.15) is 40.0 Å². The van der Waals surface area contributed by atoms with Crippen molar-refractivity contribution in [2.75, 3.05) is 33.9 Å². The molecule has 0 rings (SSSR count). The van der Waals surface area contributed by atoms with Crippen LogP contribution in [0.25, 0.3) is 0 Å². The minimum absolute atomic E-state index is 0.491. The van der Waals surface area contributed by atoms with Crippen molar-refractivity contribution in [1.29, 1.82) is 0 Å². The Bertz CT molecular complexity index is 257. The van der Waals surface area contributed by atoms with Crippen molar-refractivity contribution in [3.63, 3.8) is 0 Å². The third-order valence-corrected chi connectivity index (χ3v) is 3.96. The van der Waals surface area contributed by atoms with Gasteiger partial charge in [0.25, 0.3) is 0 Å². The summed E-state index contributed by atoms with van der Waals surface area (Å²) in [7, 11) is 3.39. The highest BCUT2D eigenvalue weighted by atomic mass is 16.5. The van der Waals surface area contributed by atoms with Crippen molar-refractivity contribution in [2.45, 2.75) is 51.6 Å². The number of hydrogen-bond acceptors (Lipinski definition) is 4. The number of methoxy groups -OCH3 is 1. The average molecular weight is 274 g/mol. The fourth-order valence-electron chi connectivity index (χ4n) is 2.20. The van der Waals surface area contributed by atoms with Gasteiger partial charge in [-0.25, -0.2) is 0 Å². The Morgan fingerprint density at radius 3 is 2.32 bits per heavy atom. The minimum atomic E-state index is -0.864. The molecule has 0 aromatic carbocycles. The zero-order chi connectivity index (χ0) is 14.9. The normalized spacial score (nSPS) is 14.9. The smallest absolute Gasteiger partial charge is 0.323 e. The maximum Gasteiger partial charge on any atom is 0.323 e. The first-order chi connectivity index (χ1) is 8.95. The summed E-state index contributed by atoms with van der Waals surface area (Å²) in [5.74, 6) is -0.800. The number of rotatable bonds is 11. The van der Waals surface area contributed by atoms with E-state index >= 15 is 0 Å². The number of aliphatic carboxylic acids is 1. The van der Waals surface area contributed by atoms with Crippen molar-refractivity contribution in [1.82, 2.24) is 10.2 Å². The molecule has 1 atom stereocenters. The van der Waals surface area contributed by atoms with Gasteiger partial charge in [-0.1, -0.05) is 13.8 Å². The van der Waals surface area contributed by atoms with E-state index in [9.17, 15) is 9.90 Å². The minimum Gasteiger partial charge on any atom is -0.480 e. The van der Waals surface area contributed by atoms with E-state index in [0.717, 1.165) is 25.9 Å². The van der Waals surface area contributed by atoms with Gasteiger partial charge in [0.05, 0.1) is 6.61 Å². The molecule has 0 fully saturated rings. The van der Waals surface area contributed by atoms with Crippen LogP contribution in [-0.4, -0.2) is 61.4 Å². The van der Waals surface area contributed by atoms with E-state index in [-0.39, 0.29) is 0 Å². The van der Waals surface area contributed by atoms with Crippen molar-refractivity contribution in [2.24, 2.45) is 0 Å². The van der Waals surface area contributed by atoms with E-state index < -0.39 is 11.5 Å². The maximum atomic E-state index is 11.3. The molecule has 1 unspecified atom stereocenters. The van der Waals surface area contributed by atoms with E-state index in [1.807, 2.05) is 0 Å². The molecule has 0 bridgehead atoms. The van der Waals surface area contributed by atoms with Gasteiger partial charge >= 0.3 is 5.97 Å². The zero-order valence-electron chi connectivity index (χ0n) is 13.0. The molecular weight excluding hydrogens is 244 g/mol. The molecule has 19 heavy (non-hydrogen) atoms. The molecule has 5 nitrogen and oxygen atoms in total. The Morgan fingerprint density at radius 1 is 1.37 bits per heavy atom. The van der Waals surface area contributed by atoms with Crippen LogP contribution in [-0.2, 0) is 9.53 Å². The predicted octanol–water partition coefficient (Wildman–Crippen LogP) is 1.58. The summed E-state index contributed by atoms with van der Waals surface area (Å²) in [5, 5.41) is 12.2. The predicted molar refractivity (Wildman–Crippen MR) is 77.5 cm³/mol. The van der Waals surface area contributed by atoms with Crippen LogP contribution >= 0.6 is 0 Å². The topological polar surface area (TPSA) is 61.8 Å². The first-order valence-electron chi connectivity index (χ1n) is 7.10. The summed E-state index contributed by atoms with van der Waals surface area (Å²) < 4.78 is 5.14. The highest BCUT2D eigenvalue weighted by Crippen LogP contribution is 2.15. The van der Waals surface area contributed by atoms with Gasteiger partial charge < -0.3 is 15.2 Å². The Labute approximate surface area is 117 Å². The van der Waals surface area contributed by atoms with Gasteiger partial charge in [0.2, 0.25) is 0 Å². The first-order valence-corrected chi connectivity index (χ1v) is 7.10. The molecule has 0 aliphatic rings. The lowest BCUT2D eigenvalue weighted by Crippen LogP contribution is -2.50. The van der Waals surface area contributed by atoms with Crippen LogP contribution < -0.4 is 5.32 Å². The molecule has 5 heteroatoms. The van der Waals surface area contributed by atoms with Gasteiger partial charge in [-0.2, -0.15) is 0 Å². The van der Waals surface area contributed by atoms with Gasteiger partial charge in [-0.05, 0) is 33.2 Å². The van der Waals surface area contributed by atoms with Gasteiger partial charge in [-0.3, -0.25) is 9.69 Å². The third-order valence-electron chi connectivity index (χ3n) is 3.96. The number of carbonyl (C=O) groups is 1. The summed E-state index contributed by atoms with van der Waals surface area (Å²) in [6.07, 6.45) is 2.73. The molecule has 0 aromatic heterocycles. The lowest BCUT2D eigenvalue weighted by Gasteiger charge is -2.33. The van der Waals surface area contributed by atoms with E-state index in [0.29, 0.717) is 19.1 Å². The highest BCUT2D eigenvalue weighted by molar-refractivity contribution is 5.78. The van der Waals surface area contributed by atoms with Crippen molar-refractivity contribution in [3.8, 4) is 0 Å². The van der Waals surface area contributed by atoms with Gasteiger partial charge in [0, 0.05) is 26.2 Å². The van der Waals surface area contributed by atoms with Gasteiger partial charge in [0.1, 0.15) is 5.54 Å². The van der Waals surface area contributed by atoms with Gasteiger partial charge in [0.15, 0.2) is 0 Å². The summed E-state index contributed by atoms with van der Waals surface area (Å²) in [6, 6.07) is 0.491. The van der Waals surface area contributed by atoms with Crippen molar-refractivity contribution >= 4 is 5.97 Å². The maximum absolute atomic E-state index is 11.3. The van der Waals surface area contributed by atoms with Crippen LogP contribution in [0.3, 0.4) is 0 Å². The summed E-state index contributed by atoms with van der Waals surface area (Å²) in [4.78, 5) is 13.6. The van der Waals surface area contributed by atoms with Crippen molar-refractivity contribution in [3.05, 3.63) is 0 Å². The number of nitrogens with one attached hydrogen (secondary N) is 1. The van der Waals surface area contributed by atoms with Crippen LogP contribution in [0.15, 0.2) is 0 Å². The van der Waals surface area contributed by atoms with Crippen LogP contribution in [0.4, 0.5) is 0 Å². The fraction of sp³-hybridized carbons (Fsp3) is 0.929. The molecule has 2 N–H and O–H groups in total. The average Bonchev–Trinajstić information content (AvgIpc) is 2.41. The second-order valence-corrected chi connectivity index (χ2v) is 5.14. The molecule has 0 saturated heterocycles. The Kier molecular flexibility index (Phi) is 8.97. The van der Waals surface area contributed by atoms with E-state index in [1.54, 1.807) is 21.1 Å². The monoisotopic (exact) mass is 274 g/mol. The molecule has 0 saturated carbocycles. The lowest BCUT2D eigenvalue weighted by molar-refractivity contribution is -0.144. The molecule has 0 radical (unpaired) electrons. The molecule has 114 valence electrons. The molecule has 0 amide bonds. The molecular formula is C14H30N2O3. The number of carboxylic acid groups (broad SMARTS) is 1. The molecule has 0 spiro atoms. The Hall–Kier alpha value is -0.650. The fourth-order valence-corrected chi connectivity index (χ4v) is 2.20. The molecule has 0 aromatic rings. The number of likely N-dealkylation sites (N-methyl/N-ethyl adjacent to an activating group) is 1. The van der Waals surface area contributed by atoms with Crippen LogP contribution in [0, 0.1) is 0 Å². The SMILES string of the molecule is CCC(CC)N(CCOC)CCC(C)(NC)C(=O)O. The summed E-state index contributed by atoms with van der Waals surface area (Å²) in [5.41, 5.74) is -0.864. The Balaban J connectivity index is 4.58. The Morgan fingerprint density at radius 2 is 1.95 bits per heavy atom. The standard InChI is InChI=1S/C14H30N2O3/c1-6-12(7-2)16(10-11-19-5)9-8-14(3,15-4)13(17)18/h12,15H,6-11H2,1-5H3,(H,17,18). The van der Waals surface area contributed by atoms with Crippen LogP contribution in [0.2, 0.25) is 0 Å². The number of ether oxygens (including phenoxy) is 1. The molecule has 0 heterocycles. The largest absolute Gasteiger partial charge is 0.480 e. The number of carboxylic acids is 1. The summed E-state index contributed by atoms with van der Waals surface area (Å²) >= 11 is 0. The zero-order valence-corrected chi connectivity index (χ0v) is 13.0.